The molecule has 3 nitrogen and oxygen atoms in total. The van der Waals surface area contributed by atoms with E-state index in [4.69, 9.17) is 4.42 Å². The van der Waals surface area contributed by atoms with Crippen LogP contribution in [0.3, 0.4) is 0 Å². The van der Waals surface area contributed by atoms with E-state index in [0.717, 1.165) is 37.9 Å². The van der Waals surface area contributed by atoms with Crippen LogP contribution in [0.25, 0.3) is 33.4 Å². The van der Waals surface area contributed by atoms with Gasteiger partial charge in [-0.2, -0.15) is 0 Å². The Bertz CT molecular complexity index is 891. The highest BCUT2D eigenvalue weighted by molar-refractivity contribution is 9.10. The van der Waals surface area contributed by atoms with Gasteiger partial charge in [0.15, 0.2) is 0 Å². The molecule has 92 valence electrons. The molecule has 2 heterocycles. The molecule has 0 spiro atoms. The standard InChI is InChI=1S/C15H9BrN2O/c16-9-5-6-12-13(7-9)18-15(17-12)11-8-19-14-4-2-1-3-10(11)14/h1-8H,(H,17,18). The highest BCUT2D eigenvalue weighted by atomic mass is 79.9. The molecular formula is C15H9BrN2O. The summed E-state index contributed by atoms with van der Waals surface area (Å²) in [6, 6.07) is 14.0. The van der Waals surface area contributed by atoms with Crippen LogP contribution in [0, 0.1) is 0 Å². The molecule has 4 rings (SSSR count). The number of hydrogen-bond donors (Lipinski definition) is 1. The van der Waals surface area contributed by atoms with Gasteiger partial charge in [-0.3, -0.25) is 0 Å². The molecule has 0 saturated carbocycles. The first-order valence-corrected chi connectivity index (χ1v) is 6.72. The van der Waals surface area contributed by atoms with Crippen molar-refractivity contribution in [3.63, 3.8) is 0 Å². The Morgan fingerprint density at radius 3 is 2.95 bits per heavy atom. The van der Waals surface area contributed by atoms with Crippen molar-refractivity contribution in [2.24, 2.45) is 0 Å². The summed E-state index contributed by atoms with van der Waals surface area (Å²) >= 11 is 3.46. The Morgan fingerprint density at radius 1 is 1.11 bits per heavy atom. The summed E-state index contributed by atoms with van der Waals surface area (Å²) in [5, 5.41) is 1.07. The first kappa shape index (κ1) is 10.8. The molecule has 0 aliphatic heterocycles. The summed E-state index contributed by atoms with van der Waals surface area (Å²) in [5.74, 6) is 0.832. The number of benzene rings is 2. The van der Waals surface area contributed by atoms with Gasteiger partial charge in [0.1, 0.15) is 17.7 Å². The van der Waals surface area contributed by atoms with Gasteiger partial charge in [0.25, 0.3) is 0 Å². The van der Waals surface area contributed by atoms with Crippen LogP contribution < -0.4 is 0 Å². The number of fused-ring (bicyclic) bond motifs is 2. The van der Waals surface area contributed by atoms with Crippen LogP contribution in [0.2, 0.25) is 0 Å². The van der Waals surface area contributed by atoms with Crippen molar-refractivity contribution in [2.45, 2.75) is 0 Å². The zero-order chi connectivity index (χ0) is 12.8. The van der Waals surface area contributed by atoms with E-state index >= 15 is 0 Å². The minimum Gasteiger partial charge on any atom is -0.464 e. The van der Waals surface area contributed by atoms with Gasteiger partial charge < -0.3 is 9.40 Å². The van der Waals surface area contributed by atoms with Crippen molar-refractivity contribution >= 4 is 37.9 Å². The second-order valence-corrected chi connectivity index (χ2v) is 5.31. The number of halogens is 1. The van der Waals surface area contributed by atoms with Crippen LogP contribution in [-0.2, 0) is 0 Å². The third kappa shape index (κ3) is 1.68. The number of imidazole rings is 1. The summed E-state index contributed by atoms with van der Waals surface area (Å²) in [4.78, 5) is 7.94. The third-order valence-corrected chi connectivity index (χ3v) is 3.67. The lowest BCUT2D eigenvalue weighted by atomic mass is 10.2. The SMILES string of the molecule is Brc1ccc2nc(-c3coc4ccccc34)[nH]c2c1. The Hall–Kier alpha value is -2.07. The average molecular weight is 313 g/mol. The topological polar surface area (TPSA) is 41.8 Å². The molecule has 1 N–H and O–H groups in total. The Morgan fingerprint density at radius 2 is 2.00 bits per heavy atom. The van der Waals surface area contributed by atoms with Gasteiger partial charge in [0.2, 0.25) is 0 Å². The van der Waals surface area contributed by atoms with Gasteiger partial charge in [0, 0.05) is 9.86 Å². The molecule has 2 aromatic heterocycles. The van der Waals surface area contributed by atoms with Gasteiger partial charge in [-0.25, -0.2) is 4.98 Å². The molecule has 0 bridgehead atoms. The zero-order valence-corrected chi connectivity index (χ0v) is 11.4. The van der Waals surface area contributed by atoms with Gasteiger partial charge in [-0.05, 0) is 24.3 Å². The fourth-order valence-electron chi connectivity index (χ4n) is 2.27. The molecule has 0 aliphatic rings. The first-order valence-electron chi connectivity index (χ1n) is 5.93. The normalized spacial score (nSPS) is 11.4. The van der Waals surface area contributed by atoms with Crippen molar-refractivity contribution in [2.75, 3.05) is 0 Å². The Balaban J connectivity index is 1.99. The number of aromatic nitrogens is 2. The number of nitrogens with zero attached hydrogens (tertiary/aromatic N) is 1. The smallest absolute Gasteiger partial charge is 0.142 e. The van der Waals surface area contributed by atoms with Crippen molar-refractivity contribution in [1.29, 1.82) is 0 Å². The number of nitrogens with one attached hydrogen (secondary N) is 1. The highest BCUT2D eigenvalue weighted by Crippen LogP contribution is 2.30. The largest absolute Gasteiger partial charge is 0.464 e. The summed E-state index contributed by atoms with van der Waals surface area (Å²) < 4.78 is 6.59. The number of para-hydroxylation sites is 1. The molecule has 0 unspecified atom stereocenters. The van der Waals surface area contributed by atoms with Crippen molar-refractivity contribution in [3.8, 4) is 11.4 Å². The summed E-state index contributed by atoms with van der Waals surface area (Å²) in [5.41, 5.74) is 3.82. The molecule has 0 radical (unpaired) electrons. The molecule has 4 aromatic rings. The number of H-pyrrole nitrogens is 1. The van der Waals surface area contributed by atoms with Crippen LogP contribution >= 0.6 is 15.9 Å². The fourth-order valence-corrected chi connectivity index (χ4v) is 2.63. The molecule has 0 atom stereocenters. The van der Waals surface area contributed by atoms with Crippen LogP contribution in [0.4, 0.5) is 0 Å². The van der Waals surface area contributed by atoms with E-state index in [9.17, 15) is 0 Å². The minimum absolute atomic E-state index is 0.832. The second kappa shape index (κ2) is 3.96. The quantitative estimate of drug-likeness (QED) is 0.551. The molecule has 2 aromatic carbocycles. The number of aromatic amines is 1. The van der Waals surface area contributed by atoms with Gasteiger partial charge in [-0.1, -0.05) is 34.1 Å². The Kier molecular flexibility index (Phi) is 2.26. The molecule has 0 amide bonds. The van der Waals surface area contributed by atoms with Crippen LogP contribution in [0.15, 0.2) is 57.6 Å². The van der Waals surface area contributed by atoms with E-state index in [1.165, 1.54) is 0 Å². The lowest BCUT2D eigenvalue weighted by molar-refractivity contribution is 0.616. The zero-order valence-electron chi connectivity index (χ0n) is 9.85. The molecule has 0 fully saturated rings. The maximum absolute atomic E-state index is 5.55. The predicted molar refractivity (Wildman–Crippen MR) is 79.0 cm³/mol. The van der Waals surface area contributed by atoms with Crippen LogP contribution in [0.5, 0.6) is 0 Å². The first-order chi connectivity index (χ1) is 9.31. The molecular weight excluding hydrogens is 304 g/mol. The molecule has 4 heteroatoms. The molecule has 19 heavy (non-hydrogen) atoms. The maximum Gasteiger partial charge on any atom is 0.142 e. The summed E-state index contributed by atoms with van der Waals surface area (Å²) in [7, 11) is 0. The third-order valence-electron chi connectivity index (χ3n) is 3.18. The van der Waals surface area contributed by atoms with Crippen molar-refractivity contribution < 1.29 is 4.42 Å². The van der Waals surface area contributed by atoms with Crippen LogP contribution in [0.1, 0.15) is 0 Å². The van der Waals surface area contributed by atoms with Crippen molar-refractivity contribution in [3.05, 3.63) is 53.2 Å². The fraction of sp³-hybridized carbons (Fsp3) is 0. The summed E-state index contributed by atoms with van der Waals surface area (Å²) in [6.45, 7) is 0. The van der Waals surface area contributed by atoms with Gasteiger partial charge in [-0.15, -0.1) is 0 Å². The van der Waals surface area contributed by atoms with Gasteiger partial charge >= 0.3 is 0 Å². The van der Waals surface area contributed by atoms with Crippen LogP contribution in [-0.4, -0.2) is 9.97 Å². The van der Waals surface area contributed by atoms with E-state index in [1.54, 1.807) is 6.26 Å². The number of rotatable bonds is 1. The van der Waals surface area contributed by atoms with Crippen molar-refractivity contribution in [1.82, 2.24) is 9.97 Å². The Labute approximate surface area is 117 Å². The van der Waals surface area contributed by atoms with E-state index in [-0.39, 0.29) is 0 Å². The van der Waals surface area contributed by atoms with E-state index in [2.05, 4.69) is 25.9 Å². The monoisotopic (exact) mass is 312 g/mol. The van der Waals surface area contributed by atoms with Gasteiger partial charge in [0.05, 0.1) is 16.6 Å². The summed E-state index contributed by atoms with van der Waals surface area (Å²) in [6.07, 6.45) is 1.75. The van der Waals surface area contributed by atoms with E-state index in [0.29, 0.717) is 0 Å². The second-order valence-electron chi connectivity index (χ2n) is 4.39. The maximum atomic E-state index is 5.55. The number of furan rings is 1. The molecule has 0 saturated heterocycles. The van der Waals surface area contributed by atoms with E-state index in [1.807, 2.05) is 42.5 Å². The van der Waals surface area contributed by atoms with E-state index < -0.39 is 0 Å². The molecule has 0 aliphatic carbocycles. The lowest BCUT2D eigenvalue weighted by Gasteiger charge is -1.91. The average Bonchev–Trinajstić information content (AvgIpc) is 3.00. The number of hydrogen-bond acceptors (Lipinski definition) is 2. The highest BCUT2D eigenvalue weighted by Gasteiger charge is 2.11. The minimum atomic E-state index is 0.832. The predicted octanol–water partition coefficient (Wildman–Crippen LogP) is 4.74. The lowest BCUT2D eigenvalue weighted by Crippen LogP contribution is -1.77.